The van der Waals surface area contributed by atoms with Crippen LogP contribution in [0.2, 0.25) is 0 Å². The lowest BCUT2D eigenvalue weighted by Gasteiger charge is -2.19. The minimum atomic E-state index is 0.174. The molecule has 4 heteroatoms. The zero-order chi connectivity index (χ0) is 15.8. The molecule has 0 aliphatic heterocycles. The summed E-state index contributed by atoms with van der Waals surface area (Å²) in [6.07, 6.45) is 1.58. The van der Waals surface area contributed by atoms with Gasteiger partial charge in [-0.25, -0.2) is 0 Å². The van der Waals surface area contributed by atoms with Crippen LogP contribution in [0.1, 0.15) is 17.0 Å². The van der Waals surface area contributed by atoms with Gasteiger partial charge in [-0.15, -0.1) is 0 Å². The van der Waals surface area contributed by atoms with Crippen LogP contribution < -0.4 is 14.8 Å². The Morgan fingerprint density at radius 2 is 1.77 bits per heavy atom. The smallest absolute Gasteiger partial charge is 0.207 e. The number of ether oxygens (including phenoxy) is 2. The van der Waals surface area contributed by atoms with Gasteiger partial charge in [0.05, 0.1) is 14.2 Å². The molecule has 0 spiro atoms. The first-order valence-electron chi connectivity index (χ1n) is 7.21. The fraction of sp³-hybridized carbons (Fsp3) is 0.278. The van der Waals surface area contributed by atoms with Crippen molar-refractivity contribution in [1.29, 1.82) is 0 Å². The Labute approximate surface area is 131 Å². The van der Waals surface area contributed by atoms with E-state index in [1.807, 2.05) is 36.4 Å². The van der Waals surface area contributed by atoms with Crippen molar-refractivity contribution in [1.82, 2.24) is 5.32 Å². The van der Waals surface area contributed by atoms with E-state index in [9.17, 15) is 4.79 Å². The third kappa shape index (κ3) is 4.01. The minimum Gasteiger partial charge on any atom is -0.493 e. The highest BCUT2D eigenvalue weighted by Gasteiger charge is 2.15. The lowest BCUT2D eigenvalue weighted by atomic mass is 9.91. The molecule has 1 N–H and O–H groups in total. The Morgan fingerprint density at radius 1 is 1.05 bits per heavy atom. The molecule has 2 aromatic rings. The van der Waals surface area contributed by atoms with Crippen molar-refractivity contribution in [2.45, 2.75) is 12.3 Å². The molecule has 0 heterocycles. The van der Waals surface area contributed by atoms with Crippen molar-refractivity contribution in [2.24, 2.45) is 0 Å². The van der Waals surface area contributed by atoms with E-state index in [-0.39, 0.29) is 5.92 Å². The molecule has 2 aromatic carbocycles. The molecular formula is C18H21NO3. The lowest BCUT2D eigenvalue weighted by Crippen LogP contribution is -2.21. The van der Waals surface area contributed by atoms with Gasteiger partial charge in [0.25, 0.3) is 0 Å². The Morgan fingerprint density at radius 3 is 2.41 bits per heavy atom. The monoisotopic (exact) mass is 299 g/mol. The molecule has 0 aliphatic rings. The maximum absolute atomic E-state index is 10.7. The first-order chi connectivity index (χ1) is 10.8. The van der Waals surface area contributed by atoms with E-state index in [0.29, 0.717) is 18.0 Å². The second kappa shape index (κ2) is 8.08. The number of amides is 1. The van der Waals surface area contributed by atoms with Crippen LogP contribution in [0.25, 0.3) is 0 Å². The van der Waals surface area contributed by atoms with Crippen LogP contribution in [0.4, 0.5) is 0 Å². The number of hydrogen-bond donors (Lipinski definition) is 1. The van der Waals surface area contributed by atoms with Crippen molar-refractivity contribution < 1.29 is 14.3 Å². The van der Waals surface area contributed by atoms with E-state index in [0.717, 1.165) is 18.4 Å². The number of benzene rings is 2. The number of rotatable bonds is 8. The molecule has 1 atom stereocenters. The van der Waals surface area contributed by atoms with Crippen LogP contribution in [-0.2, 0) is 11.2 Å². The average Bonchev–Trinajstić information content (AvgIpc) is 2.58. The summed E-state index contributed by atoms with van der Waals surface area (Å²) in [7, 11) is 3.24. The van der Waals surface area contributed by atoms with Gasteiger partial charge in [-0.05, 0) is 29.7 Å². The zero-order valence-corrected chi connectivity index (χ0v) is 12.9. The summed E-state index contributed by atoms with van der Waals surface area (Å²) >= 11 is 0. The van der Waals surface area contributed by atoms with Crippen molar-refractivity contribution >= 4 is 6.41 Å². The summed E-state index contributed by atoms with van der Waals surface area (Å²) in [5.74, 6) is 1.57. The van der Waals surface area contributed by atoms with Crippen molar-refractivity contribution in [2.75, 3.05) is 20.8 Å². The van der Waals surface area contributed by atoms with E-state index in [4.69, 9.17) is 9.47 Å². The fourth-order valence-electron chi connectivity index (χ4n) is 2.50. The van der Waals surface area contributed by atoms with Gasteiger partial charge in [0, 0.05) is 12.5 Å². The van der Waals surface area contributed by atoms with E-state index < -0.39 is 0 Å². The molecule has 0 saturated carbocycles. The number of methoxy groups -OCH3 is 2. The van der Waals surface area contributed by atoms with Gasteiger partial charge < -0.3 is 14.8 Å². The van der Waals surface area contributed by atoms with Crippen molar-refractivity contribution in [3.8, 4) is 11.5 Å². The Hall–Kier alpha value is -2.49. The minimum absolute atomic E-state index is 0.174. The molecule has 4 nitrogen and oxygen atoms in total. The summed E-state index contributed by atoms with van der Waals surface area (Å²) in [6.45, 7) is 0.577. The summed E-state index contributed by atoms with van der Waals surface area (Å²) in [5, 5.41) is 2.78. The number of carbonyl (C=O) groups is 1. The van der Waals surface area contributed by atoms with Crippen LogP contribution in [0.5, 0.6) is 11.5 Å². The predicted octanol–water partition coefficient (Wildman–Crippen LogP) is 2.78. The van der Waals surface area contributed by atoms with Gasteiger partial charge in [-0.1, -0.05) is 36.4 Å². The summed E-state index contributed by atoms with van der Waals surface area (Å²) in [4.78, 5) is 10.7. The maximum atomic E-state index is 10.7. The van der Waals surface area contributed by atoms with Gasteiger partial charge in [-0.3, -0.25) is 4.79 Å². The van der Waals surface area contributed by atoms with Crippen molar-refractivity contribution in [3.05, 3.63) is 59.7 Å². The van der Waals surface area contributed by atoms with Gasteiger partial charge in [0.15, 0.2) is 11.5 Å². The van der Waals surface area contributed by atoms with Crippen LogP contribution in [0.3, 0.4) is 0 Å². The first kappa shape index (κ1) is 15.9. The first-order valence-corrected chi connectivity index (χ1v) is 7.21. The Kier molecular flexibility index (Phi) is 5.83. The van der Waals surface area contributed by atoms with E-state index >= 15 is 0 Å². The molecule has 0 radical (unpaired) electrons. The van der Waals surface area contributed by atoms with Gasteiger partial charge in [0.2, 0.25) is 6.41 Å². The molecular weight excluding hydrogens is 278 g/mol. The van der Waals surface area contributed by atoms with E-state index in [2.05, 4.69) is 17.4 Å². The molecule has 0 fully saturated rings. The number of hydrogen-bond acceptors (Lipinski definition) is 3. The zero-order valence-electron chi connectivity index (χ0n) is 12.9. The van der Waals surface area contributed by atoms with Gasteiger partial charge in [0.1, 0.15) is 0 Å². The average molecular weight is 299 g/mol. The Balaban J connectivity index is 2.26. The molecule has 0 aromatic heterocycles. The van der Waals surface area contributed by atoms with E-state index in [1.54, 1.807) is 14.2 Å². The number of carbonyl (C=O) groups excluding carboxylic acids is 1. The Bertz CT molecular complexity index is 599. The normalized spacial score (nSPS) is 11.5. The highest BCUT2D eigenvalue weighted by Crippen LogP contribution is 2.31. The molecule has 2 rings (SSSR count). The molecule has 0 aliphatic carbocycles. The predicted molar refractivity (Wildman–Crippen MR) is 86.5 cm³/mol. The second-order valence-corrected chi connectivity index (χ2v) is 5.03. The maximum Gasteiger partial charge on any atom is 0.207 e. The summed E-state index contributed by atoms with van der Waals surface area (Å²) < 4.78 is 10.6. The SMILES string of the molecule is COc1ccc(C(CNC=O)Cc2ccccc2)cc1OC. The van der Waals surface area contributed by atoms with Crippen LogP contribution in [0, 0.1) is 0 Å². The molecule has 116 valence electrons. The third-order valence-electron chi connectivity index (χ3n) is 3.65. The summed E-state index contributed by atoms with van der Waals surface area (Å²) in [6, 6.07) is 16.1. The van der Waals surface area contributed by atoms with Crippen LogP contribution >= 0.6 is 0 Å². The molecule has 0 saturated heterocycles. The summed E-state index contributed by atoms with van der Waals surface area (Å²) in [5.41, 5.74) is 2.34. The highest BCUT2D eigenvalue weighted by atomic mass is 16.5. The quantitative estimate of drug-likeness (QED) is 0.763. The van der Waals surface area contributed by atoms with Gasteiger partial charge in [-0.2, -0.15) is 0 Å². The highest BCUT2D eigenvalue weighted by molar-refractivity contribution is 5.47. The van der Waals surface area contributed by atoms with Crippen LogP contribution in [0.15, 0.2) is 48.5 Å². The lowest BCUT2D eigenvalue weighted by molar-refractivity contribution is -0.109. The van der Waals surface area contributed by atoms with Crippen molar-refractivity contribution in [3.63, 3.8) is 0 Å². The fourth-order valence-corrected chi connectivity index (χ4v) is 2.50. The topological polar surface area (TPSA) is 47.6 Å². The molecule has 1 unspecified atom stereocenters. The largest absolute Gasteiger partial charge is 0.493 e. The second-order valence-electron chi connectivity index (χ2n) is 5.03. The molecule has 1 amide bonds. The van der Waals surface area contributed by atoms with E-state index in [1.165, 1.54) is 5.56 Å². The standard InChI is InChI=1S/C18H21NO3/c1-21-17-9-8-15(11-18(17)22-2)16(12-19-13-20)10-14-6-4-3-5-7-14/h3-9,11,13,16H,10,12H2,1-2H3,(H,19,20). The number of nitrogens with one attached hydrogen (secondary N) is 1. The van der Waals surface area contributed by atoms with Crippen LogP contribution in [-0.4, -0.2) is 27.2 Å². The third-order valence-corrected chi connectivity index (χ3v) is 3.65. The molecule has 0 bridgehead atoms. The molecule has 22 heavy (non-hydrogen) atoms. The van der Waals surface area contributed by atoms with Gasteiger partial charge >= 0.3 is 0 Å².